The maximum atomic E-state index is 14.8. The molecule has 0 aliphatic carbocycles. The van der Waals surface area contributed by atoms with E-state index >= 15 is 0 Å². The van der Waals surface area contributed by atoms with Gasteiger partial charge in [-0.15, -0.1) is 0 Å². The molecular formula is C33H45N3O6. The summed E-state index contributed by atoms with van der Waals surface area (Å²) in [4.78, 5) is 48.4. The molecule has 1 aromatic carbocycles. The summed E-state index contributed by atoms with van der Waals surface area (Å²) in [5.41, 5.74) is -0.687. The molecule has 0 aromatic heterocycles. The molecule has 1 aromatic rings. The number of carbonyl (C=O) groups is 3. The number of ether oxygens (including phenoxy) is 2. The van der Waals surface area contributed by atoms with Crippen LogP contribution in [-0.2, 0) is 23.9 Å². The lowest BCUT2D eigenvalue weighted by Gasteiger charge is -2.41. The Hall–Kier alpha value is -3.17. The summed E-state index contributed by atoms with van der Waals surface area (Å²) in [7, 11) is 0. The zero-order valence-corrected chi connectivity index (χ0v) is 25.5. The van der Waals surface area contributed by atoms with Crippen molar-refractivity contribution < 1.29 is 29.0 Å². The van der Waals surface area contributed by atoms with Gasteiger partial charge in [0.05, 0.1) is 25.2 Å². The smallest absolute Gasteiger partial charge is 0.313 e. The highest BCUT2D eigenvalue weighted by Crippen LogP contribution is 2.59. The molecule has 6 atom stereocenters. The van der Waals surface area contributed by atoms with Crippen molar-refractivity contribution in [3.63, 3.8) is 0 Å². The molecule has 0 radical (unpaired) electrons. The van der Waals surface area contributed by atoms with Gasteiger partial charge in [0.1, 0.15) is 23.2 Å². The number of anilines is 2. The summed E-state index contributed by atoms with van der Waals surface area (Å²) >= 11 is 0. The van der Waals surface area contributed by atoms with Gasteiger partial charge in [0.2, 0.25) is 5.91 Å². The van der Waals surface area contributed by atoms with Gasteiger partial charge in [-0.2, -0.15) is 0 Å². The summed E-state index contributed by atoms with van der Waals surface area (Å²) in [5.74, 6) is -2.81. The lowest BCUT2D eigenvalue weighted by molar-refractivity contribution is -0.162. The third-order valence-electron chi connectivity index (χ3n) is 9.48. The monoisotopic (exact) mass is 579 g/mol. The van der Waals surface area contributed by atoms with Crippen molar-refractivity contribution in [1.82, 2.24) is 4.90 Å². The first-order chi connectivity index (χ1) is 20.2. The van der Waals surface area contributed by atoms with Crippen LogP contribution in [-0.4, -0.2) is 83.9 Å². The van der Waals surface area contributed by atoms with E-state index in [0.29, 0.717) is 24.9 Å². The molecule has 2 amide bonds. The van der Waals surface area contributed by atoms with Gasteiger partial charge < -0.3 is 29.3 Å². The fourth-order valence-electron chi connectivity index (χ4n) is 7.55. The molecule has 1 spiro atoms. The molecule has 2 saturated heterocycles. The topological polar surface area (TPSA) is 99.6 Å². The van der Waals surface area contributed by atoms with E-state index < -0.39 is 41.1 Å². The molecule has 5 rings (SSSR count). The second-order valence-corrected chi connectivity index (χ2v) is 12.2. The van der Waals surface area contributed by atoms with E-state index in [2.05, 4.69) is 18.7 Å². The van der Waals surface area contributed by atoms with Crippen LogP contribution >= 0.6 is 0 Å². The number of benzene rings is 1. The predicted molar refractivity (Wildman–Crippen MR) is 161 cm³/mol. The van der Waals surface area contributed by atoms with E-state index in [4.69, 9.17) is 9.47 Å². The number of esters is 1. The molecule has 9 heteroatoms. The molecule has 2 fully saturated rings. The van der Waals surface area contributed by atoms with Gasteiger partial charge in [-0.25, -0.2) is 0 Å². The SMILES string of the molecule is CCN(CC)c1ccc(N2CC=C[C@]34O[C@@]5(CC)C=CCCOC(=O)[C@H]5[C@H]3C(=O)N([C@@H](CO)CC(C)C)C4C2=O)cc1. The van der Waals surface area contributed by atoms with Crippen LogP contribution < -0.4 is 9.80 Å². The first-order valence-electron chi connectivity index (χ1n) is 15.5. The lowest BCUT2D eigenvalue weighted by atomic mass is 9.73. The summed E-state index contributed by atoms with van der Waals surface area (Å²) < 4.78 is 12.6. The van der Waals surface area contributed by atoms with Crippen LogP contribution in [0, 0.1) is 17.8 Å². The number of aliphatic hydroxyl groups excluding tert-OH is 1. The first kappa shape index (κ1) is 30.3. The van der Waals surface area contributed by atoms with Gasteiger partial charge in [-0.3, -0.25) is 14.4 Å². The van der Waals surface area contributed by atoms with Crippen LogP contribution in [0.5, 0.6) is 0 Å². The molecule has 0 saturated carbocycles. The van der Waals surface area contributed by atoms with E-state index in [1.165, 1.54) is 4.90 Å². The number of amides is 2. The third-order valence-corrected chi connectivity index (χ3v) is 9.48. The number of nitrogens with zero attached hydrogens (tertiary/aromatic N) is 3. The van der Waals surface area contributed by atoms with Crippen LogP contribution in [0.1, 0.15) is 53.9 Å². The van der Waals surface area contributed by atoms with Crippen LogP contribution in [0.3, 0.4) is 0 Å². The van der Waals surface area contributed by atoms with E-state index in [1.807, 2.05) is 69.3 Å². The molecular weight excluding hydrogens is 534 g/mol. The van der Waals surface area contributed by atoms with Gasteiger partial charge in [0, 0.05) is 31.0 Å². The predicted octanol–water partition coefficient (Wildman–Crippen LogP) is 3.71. The Morgan fingerprint density at radius 3 is 2.33 bits per heavy atom. The quantitative estimate of drug-likeness (QED) is 0.352. The van der Waals surface area contributed by atoms with E-state index in [9.17, 15) is 19.5 Å². The number of hydrogen-bond donors (Lipinski definition) is 1. The Morgan fingerprint density at radius 2 is 1.71 bits per heavy atom. The molecule has 1 unspecified atom stereocenters. The Kier molecular flexibility index (Phi) is 8.54. The number of cyclic esters (lactones) is 1. The Labute approximate surface area is 249 Å². The largest absolute Gasteiger partial charge is 0.465 e. The van der Waals surface area contributed by atoms with Crippen molar-refractivity contribution in [1.29, 1.82) is 0 Å². The van der Waals surface area contributed by atoms with Gasteiger partial charge >= 0.3 is 5.97 Å². The zero-order valence-electron chi connectivity index (χ0n) is 25.5. The molecule has 9 nitrogen and oxygen atoms in total. The second kappa shape index (κ2) is 11.8. The van der Waals surface area contributed by atoms with Crippen LogP contribution in [0.2, 0.25) is 0 Å². The number of hydrogen-bond acceptors (Lipinski definition) is 7. The molecule has 228 valence electrons. The second-order valence-electron chi connectivity index (χ2n) is 12.2. The van der Waals surface area contributed by atoms with Crippen molar-refractivity contribution in [2.24, 2.45) is 17.8 Å². The fraction of sp³-hybridized carbons (Fsp3) is 0.606. The summed E-state index contributed by atoms with van der Waals surface area (Å²) in [5, 5.41) is 10.6. The van der Waals surface area contributed by atoms with Crippen molar-refractivity contribution in [3.05, 3.63) is 48.6 Å². The highest BCUT2D eigenvalue weighted by Gasteiger charge is 2.76. The van der Waals surface area contributed by atoms with Gasteiger partial charge in [-0.05, 0) is 63.3 Å². The third kappa shape index (κ3) is 4.74. The molecule has 1 N–H and O–H groups in total. The molecule has 42 heavy (non-hydrogen) atoms. The van der Waals surface area contributed by atoms with E-state index in [0.717, 1.165) is 18.8 Å². The van der Waals surface area contributed by atoms with Crippen molar-refractivity contribution in [3.8, 4) is 0 Å². The molecule has 4 aliphatic heterocycles. The van der Waals surface area contributed by atoms with E-state index in [1.54, 1.807) is 4.90 Å². The molecule has 4 aliphatic rings. The van der Waals surface area contributed by atoms with Crippen LogP contribution in [0.4, 0.5) is 11.4 Å². The minimum absolute atomic E-state index is 0.163. The lowest BCUT2D eigenvalue weighted by Crippen LogP contribution is -2.59. The van der Waals surface area contributed by atoms with Gasteiger partial charge in [-0.1, -0.05) is 45.1 Å². The maximum absolute atomic E-state index is 14.8. The van der Waals surface area contributed by atoms with E-state index in [-0.39, 0.29) is 37.5 Å². The number of likely N-dealkylation sites (tertiary alicyclic amines) is 1. The summed E-state index contributed by atoms with van der Waals surface area (Å²) in [6, 6.07) is 6.24. The Morgan fingerprint density at radius 1 is 1.00 bits per heavy atom. The standard InChI is InChI=1S/C33H45N3O6/c1-6-32-16-9-10-19-41-31(40)27(32)26-29(38)36(25(21-37)20-22(4)5)28-30(39)35(18-11-17-33(26,28)42-32)24-14-12-23(13-15-24)34(7-2)8-3/h9,11-17,22,25-28,37H,6-8,10,18-21H2,1-5H3/t25-,26+,27-,28?,32+,33+/m1/s1. The first-order valence-corrected chi connectivity index (χ1v) is 15.5. The highest BCUT2D eigenvalue weighted by molar-refractivity contribution is 6.06. The fourth-order valence-corrected chi connectivity index (χ4v) is 7.55. The highest BCUT2D eigenvalue weighted by atomic mass is 16.6. The zero-order chi connectivity index (χ0) is 30.2. The number of rotatable bonds is 9. The average Bonchev–Trinajstić information content (AvgIpc) is 3.33. The van der Waals surface area contributed by atoms with Gasteiger partial charge in [0.25, 0.3) is 5.91 Å². The normalized spacial score (nSPS) is 31.3. The minimum Gasteiger partial charge on any atom is -0.465 e. The number of fused-ring (bicyclic) bond motifs is 2. The molecule has 4 heterocycles. The van der Waals surface area contributed by atoms with Crippen molar-refractivity contribution in [2.45, 2.75) is 77.2 Å². The molecule has 0 bridgehead atoms. The Balaban J connectivity index is 1.64. The van der Waals surface area contributed by atoms with Crippen LogP contribution in [0.15, 0.2) is 48.6 Å². The van der Waals surface area contributed by atoms with Gasteiger partial charge in [0.15, 0.2) is 0 Å². The number of carbonyl (C=O) groups excluding carboxylic acids is 3. The van der Waals surface area contributed by atoms with Crippen molar-refractivity contribution >= 4 is 29.2 Å². The van der Waals surface area contributed by atoms with Crippen LogP contribution in [0.25, 0.3) is 0 Å². The van der Waals surface area contributed by atoms with Crippen molar-refractivity contribution in [2.75, 3.05) is 42.6 Å². The number of aliphatic hydroxyl groups is 1. The summed E-state index contributed by atoms with van der Waals surface area (Å²) in [6.07, 6.45) is 9.07. The average molecular weight is 580 g/mol. The summed E-state index contributed by atoms with van der Waals surface area (Å²) in [6.45, 7) is 12.1. The maximum Gasteiger partial charge on any atom is 0.313 e. The Bertz CT molecular complexity index is 1240. The minimum atomic E-state index is -1.39.